The highest BCUT2D eigenvalue weighted by atomic mass is 15.3. The van der Waals surface area contributed by atoms with E-state index in [9.17, 15) is 0 Å². The molecule has 2 aromatic heterocycles. The zero-order valence-electron chi connectivity index (χ0n) is 36.2. The summed E-state index contributed by atoms with van der Waals surface area (Å²) in [5.74, 6) is 1.54. The average Bonchev–Trinajstić information content (AvgIpc) is 3.32. The van der Waals surface area contributed by atoms with Crippen LogP contribution in [0.2, 0.25) is 0 Å². The van der Waals surface area contributed by atoms with E-state index >= 15 is 0 Å². The first-order chi connectivity index (χ1) is 30.8. The number of hydrogen-bond donors (Lipinski definition) is 0. The largest absolute Gasteiger partial charge is 0.333 e. The molecule has 0 bridgehead atoms. The summed E-state index contributed by atoms with van der Waals surface area (Å²) >= 11 is 0. The van der Waals surface area contributed by atoms with Gasteiger partial charge in [-0.3, -0.25) is 9.97 Å². The van der Waals surface area contributed by atoms with Gasteiger partial charge in [0.1, 0.15) is 12.0 Å². The summed E-state index contributed by atoms with van der Waals surface area (Å²) in [6, 6.07) is 59.0. The van der Waals surface area contributed by atoms with E-state index < -0.39 is 0 Å². The van der Waals surface area contributed by atoms with E-state index in [-0.39, 0.29) is 6.17 Å². The fraction of sp³-hybridized carbons (Fsp3) is 0.103. The highest BCUT2D eigenvalue weighted by Crippen LogP contribution is 2.38. The summed E-state index contributed by atoms with van der Waals surface area (Å²) in [4.78, 5) is 22.1. The second-order valence-electron chi connectivity index (χ2n) is 16.6. The van der Waals surface area contributed by atoms with Gasteiger partial charge in [-0.2, -0.15) is 0 Å². The van der Waals surface area contributed by atoms with Gasteiger partial charge in [-0.25, -0.2) is 9.98 Å². The lowest BCUT2D eigenvalue weighted by Crippen LogP contribution is -2.35. The Morgan fingerprint density at radius 1 is 0.413 bits per heavy atom. The third kappa shape index (κ3) is 7.63. The number of aromatic nitrogens is 2. The van der Waals surface area contributed by atoms with Gasteiger partial charge in [-0.05, 0) is 147 Å². The molecule has 1 atom stereocenters. The standard InChI is InChI=1S/C58H47N5/c1-37-13-6-8-18-52(37)53-26-21-42(29-40(53)4)47-32-48(55-20-10-15-41-14-7-9-19-54(41)55)34-49(33-47)56-61-57(43-22-24-50(38(2)30-43)45-16-11-27-59-35-45)63(5)58(62-56)44-23-25-51(39(3)31-44)46-17-12-28-60-36-46/h6-36,57H,1-5H3. The van der Waals surface area contributed by atoms with Crippen molar-refractivity contribution < 1.29 is 0 Å². The number of benzene rings is 7. The summed E-state index contributed by atoms with van der Waals surface area (Å²) < 4.78 is 0. The first-order valence-corrected chi connectivity index (χ1v) is 21.5. The third-order valence-electron chi connectivity index (χ3n) is 12.4. The molecule has 0 amide bonds. The predicted molar refractivity (Wildman–Crippen MR) is 262 cm³/mol. The number of hydrogen-bond acceptors (Lipinski definition) is 5. The van der Waals surface area contributed by atoms with Crippen molar-refractivity contribution >= 4 is 22.4 Å². The van der Waals surface area contributed by atoms with Crippen molar-refractivity contribution in [1.82, 2.24) is 14.9 Å². The van der Waals surface area contributed by atoms with Crippen LogP contribution in [-0.4, -0.2) is 33.6 Å². The van der Waals surface area contributed by atoms with Crippen molar-refractivity contribution in [2.45, 2.75) is 33.9 Å². The lowest BCUT2D eigenvalue weighted by Gasteiger charge is -2.33. The van der Waals surface area contributed by atoms with Gasteiger partial charge in [0, 0.05) is 54.1 Å². The van der Waals surface area contributed by atoms with E-state index in [0.717, 1.165) is 72.6 Å². The lowest BCUT2D eigenvalue weighted by atomic mass is 9.90. The zero-order chi connectivity index (χ0) is 43.0. The van der Waals surface area contributed by atoms with Crippen LogP contribution in [-0.2, 0) is 0 Å². The molecule has 0 fully saturated rings. The Bertz CT molecular complexity index is 3230. The third-order valence-corrected chi connectivity index (χ3v) is 12.4. The molecule has 3 heterocycles. The smallest absolute Gasteiger partial charge is 0.159 e. The number of aryl methyl sites for hydroxylation is 4. The zero-order valence-corrected chi connectivity index (χ0v) is 36.2. The lowest BCUT2D eigenvalue weighted by molar-refractivity contribution is 0.382. The average molecular weight is 814 g/mol. The van der Waals surface area contributed by atoms with Gasteiger partial charge in [0.05, 0.1) is 0 Å². The van der Waals surface area contributed by atoms with Gasteiger partial charge < -0.3 is 4.90 Å². The van der Waals surface area contributed by atoms with E-state index in [2.05, 4.69) is 201 Å². The highest BCUT2D eigenvalue weighted by Gasteiger charge is 2.28. The molecule has 304 valence electrons. The molecule has 0 spiro atoms. The van der Waals surface area contributed by atoms with Crippen LogP contribution >= 0.6 is 0 Å². The molecule has 0 saturated carbocycles. The summed E-state index contributed by atoms with van der Waals surface area (Å²) in [5.41, 5.74) is 19.4. The minimum atomic E-state index is -0.340. The van der Waals surface area contributed by atoms with E-state index in [1.807, 2.05) is 36.9 Å². The number of rotatable bonds is 8. The number of pyridine rings is 2. The molecule has 0 radical (unpaired) electrons. The maximum atomic E-state index is 5.56. The number of nitrogens with zero attached hydrogens (tertiary/aromatic N) is 5. The summed E-state index contributed by atoms with van der Waals surface area (Å²) in [6.45, 7) is 8.72. The van der Waals surface area contributed by atoms with Crippen molar-refractivity contribution in [3.05, 3.63) is 228 Å². The van der Waals surface area contributed by atoms with E-state index in [4.69, 9.17) is 9.98 Å². The molecule has 63 heavy (non-hydrogen) atoms. The minimum absolute atomic E-state index is 0.340. The van der Waals surface area contributed by atoms with Crippen molar-refractivity contribution in [3.8, 4) is 55.6 Å². The van der Waals surface area contributed by atoms with Crippen LogP contribution in [0.1, 0.15) is 45.1 Å². The Balaban J connectivity index is 1.16. The Morgan fingerprint density at radius 2 is 1.00 bits per heavy atom. The summed E-state index contributed by atoms with van der Waals surface area (Å²) in [6.07, 6.45) is 7.13. The SMILES string of the molecule is Cc1cc(C2=NC(c3cc(-c4ccc(-c5ccccc5C)c(C)c4)cc(-c4cccc5ccccc45)c3)=NC(c3ccc(-c4cccnc4)c(C)c3)N2C)ccc1-c1cccnc1. The second-order valence-corrected chi connectivity index (χ2v) is 16.6. The topological polar surface area (TPSA) is 53.7 Å². The molecular weight excluding hydrogens is 767 g/mol. The molecule has 1 aliphatic rings. The van der Waals surface area contributed by atoms with Gasteiger partial charge in [-0.1, -0.05) is 127 Å². The number of fused-ring (bicyclic) bond motifs is 1. The predicted octanol–water partition coefficient (Wildman–Crippen LogP) is 14.0. The molecule has 5 nitrogen and oxygen atoms in total. The number of aliphatic imine (C=N–C) groups is 2. The Hall–Kier alpha value is -7.76. The Morgan fingerprint density at radius 3 is 1.71 bits per heavy atom. The Kier molecular flexibility index (Phi) is 10.4. The number of amidine groups is 2. The monoisotopic (exact) mass is 813 g/mol. The first-order valence-electron chi connectivity index (χ1n) is 21.5. The molecule has 5 heteroatoms. The normalized spacial score (nSPS) is 13.8. The van der Waals surface area contributed by atoms with Crippen LogP contribution in [0.15, 0.2) is 199 Å². The van der Waals surface area contributed by atoms with Crippen LogP contribution < -0.4 is 0 Å². The molecule has 7 aromatic carbocycles. The van der Waals surface area contributed by atoms with E-state index in [1.165, 1.54) is 38.6 Å². The minimum Gasteiger partial charge on any atom is -0.333 e. The molecule has 0 saturated heterocycles. The van der Waals surface area contributed by atoms with Crippen LogP contribution in [0.3, 0.4) is 0 Å². The summed E-state index contributed by atoms with van der Waals surface area (Å²) in [7, 11) is 2.11. The van der Waals surface area contributed by atoms with Crippen LogP contribution in [0, 0.1) is 27.7 Å². The van der Waals surface area contributed by atoms with Gasteiger partial charge in [-0.15, -0.1) is 0 Å². The van der Waals surface area contributed by atoms with Crippen LogP contribution in [0.5, 0.6) is 0 Å². The molecule has 1 unspecified atom stereocenters. The molecule has 1 aliphatic heterocycles. The van der Waals surface area contributed by atoms with Crippen molar-refractivity contribution in [1.29, 1.82) is 0 Å². The van der Waals surface area contributed by atoms with Gasteiger partial charge >= 0.3 is 0 Å². The quantitative estimate of drug-likeness (QED) is 0.154. The highest BCUT2D eigenvalue weighted by molar-refractivity contribution is 6.14. The maximum Gasteiger partial charge on any atom is 0.159 e. The fourth-order valence-electron chi connectivity index (χ4n) is 9.15. The maximum absolute atomic E-state index is 5.56. The van der Waals surface area contributed by atoms with Crippen LogP contribution in [0.4, 0.5) is 0 Å². The summed E-state index contributed by atoms with van der Waals surface area (Å²) in [5, 5.41) is 2.41. The van der Waals surface area contributed by atoms with Crippen molar-refractivity contribution in [2.75, 3.05) is 7.05 Å². The molecule has 0 aliphatic carbocycles. The van der Waals surface area contributed by atoms with Crippen molar-refractivity contribution in [3.63, 3.8) is 0 Å². The van der Waals surface area contributed by atoms with E-state index in [0.29, 0.717) is 5.84 Å². The van der Waals surface area contributed by atoms with Crippen molar-refractivity contribution in [2.24, 2.45) is 9.98 Å². The van der Waals surface area contributed by atoms with Crippen LogP contribution in [0.25, 0.3) is 66.4 Å². The van der Waals surface area contributed by atoms with Gasteiger partial charge in [0.15, 0.2) is 5.84 Å². The second kappa shape index (κ2) is 16.6. The van der Waals surface area contributed by atoms with Gasteiger partial charge in [0.2, 0.25) is 0 Å². The molecule has 10 rings (SSSR count). The van der Waals surface area contributed by atoms with E-state index in [1.54, 1.807) is 0 Å². The fourth-order valence-corrected chi connectivity index (χ4v) is 9.15. The molecular formula is C58H47N5. The van der Waals surface area contributed by atoms with Gasteiger partial charge in [0.25, 0.3) is 0 Å². The molecule has 0 N–H and O–H groups in total. The molecule has 9 aromatic rings. The Labute approximate surface area is 369 Å². The first kappa shape index (κ1) is 39.4.